The van der Waals surface area contributed by atoms with Crippen LogP contribution in [-0.4, -0.2) is 40.1 Å². The second kappa shape index (κ2) is 6.98. The van der Waals surface area contributed by atoms with Gasteiger partial charge in [0.05, 0.1) is 6.10 Å². The standard InChI is InChI=1S/C18H21N3O3/c1-12-7-13(10-19)8-17(20-12)24-16-4-2-3-14(9-16)18(23)21-6-5-15(22)11-21/h2-4,7-9,15,22H,5-6,10-11,19H2,1H3/t15-/m1/s1. The van der Waals surface area contributed by atoms with E-state index in [2.05, 4.69) is 4.98 Å². The lowest BCUT2D eigenvalue weighted by Gasteiger charge is -2.16. The minimum absolute atomic E-state index is 0.100. The Morgan fingerprint density at radius 3 is 2.96 bits per heavy atom. The van der Waals surface area contributed by atoms with E-state index in [-0.39, 0.29) is 5.91 Å². The Balaban J connectivity index is 1.78. The number of ether oxygens (including phenoxy) is 1. The Hall–Kier alpha value is -2.44. The van der Waals surface area contributed by atoms with Gasteiger partial charge >= 0.3 is 0 Å². The van der Waals surface area contributed by atoms with Crippen molar-refractivity contribution in [3.05, 3.63) is 53.2 Å². The first-order valence-electron chi connectivity index (χ1n) is 7.98. The molecule has 24 heavy (non-hydrogen) atoms. The summed E-state index contributed by atoms with van der Waals surface area (Å²) in [5.74, 6) is 0.898. The molecule has 2 aromatic rings. The highest BCUT2D eigenvalue weighted by molar-refractivity contribution is 5.94. The van der Waals surface area contributed by atoms with Crippen LogP contribution in [0.5, 0.6) is 11.6 Å². The molecule has 1 atom stereocenters. The number of aryl methyl sites for hydroxylation is 1. The first-order valence-corrected chi connectivity index (χ1v) is 7.98. The summed E-state index contributed by atoms with van der Waals surface area (Å²) in [7, 11) is 0. The van der Waals surface area contributed by atoms with Crippen molar-refractivity contribution >= 4 is 5.91 Å². The second-order valence-electron chi connectivity index (χ2n) is 5.98. The maximum absolute atomic E-state index is 12.5. The predicted molar refractivity (Wildman–Crippen MR) is 89.9 cm³/mol. The number of aromatic nitrogens is 1. The van der Waals surface area contributed by atoms with Gasteiger partial charge in [-0.3, -0.25) is 4.79 Å². The van der Waals surface area contributed by atoms with Gasteiger partial charge in [-0.15, -0.1) is 0 Å². The smallest absolute Gasteiger partial charge is 0.254 e. The first-order chi connectivity index (χ1) is 11.5. The summed E-state index contributed by atoms with van der Waals surface area (Å²) in [6.07, 6.45) is 0.191. The van der Waals surface area contributed by atoms with Crippen LogP contribution in [0.25, 0.3) is 0 Å². The van der Waals surface area contributed by atoms with Crippen LogP contribution < -0.4 is 10.5 Å². The molecular weight excluding hydrogens is 306 g/mol. The lowest BCUT2D eigenvalue weighted by atomic mass is 10.2. The van der Waals surface area contributed by atoms with E-state index in [0.717, 1.165) is 11.3 Å². The molecule has 3 N–H and O–H groups in total. The summed E-state index contributed by atoms with van der Waals surface area (Å²) in [5.41, 5.74) is 7.97. The van der Waals surface area contributed by atoms with E-state index in [9.17, 15) is 9.90 Å². The highest BCUT2D eigenvalue weighted by Crippen LogP contribution is 2.23. The highest BCUT2D eigenvalue weighted by atomic mass is 16.5. The van der Waals surface area contributed by atoms with Crippen LogP contribution in [0.2, 0.25) is 0 Å². The Kier molecular flexibility index (Phi) is 4.78. The predicted octanol–water partition coefficient (Wildman–Crippen LogP) is 1.85. The van der Waals surface area contributed by atoms with Crippen molar-refractivity contribution in [2.24, 2.45) is 5.73 Å². The molecule has 1 fully saturated rings. The molecule has 1 saturated heterocycles. The number of benzene rings is 1. The number of likely N-dealkylation sites (tertiary alicyclic amines) is 1. The van der Waals surface area contributed by atoms with Crippen molar-refractivity contribution in [3.63, 3.8) is 0 Å². The Bertz CT molecular complexity index is 748. The van der Waals surface area contributed by atoms with E-state index in [0.29, 0.717) is 43.2 Å². The Labute approximate surface area is 140 Å². The van der Waals surface area contributed by atoms with Gasteiger partial charge in [-0.25, -0.2) is 4.98 Å². The van der Waals surface area contributed by atoms with Gasteiger partial charge in [0.1, 0.15) is 5.75 Å². The molecule has 1 aromatic heterocycles. The van der Waals surface area contributed by atoms with Crippen molar-refractivity contribution in [1.82, 2.24) is 9.88 Å². The zero-order valence-electron chi connectivity index (χ0n) is 13.6. The zero-order chi connectivity index (χ0) is 17.1. The number of carbonyl (C=O) groups excluding carboxylic acids is 1. The van der Waals surface area contributed by atoms with Crippen LogP contribution in [-0.2, 0) is 6.54 Å². The maximum Gasteiger partial charge on any atom is 0.254 e. The number of carbonyl (C=O) groups is 1. The molecule has 2 heterocycles. The molecule has 1 aliphatic rings. The first kappa shape index (κ1) is 16.4. The van der Waals surface area contributed by atoms with E-state index < -0.39 is 6.10 Å². The summed E-state index contributed by atoms with van der Waals surface area (Å²) in [6, 6.07) is 10.7. The minimum Gasteiger partial charge on any atom is -0.439 e. The van der Waals surface area contributed by atoms with Crippen LogP contribution in [0.4, 0.5) is 0 Å². The van der Waals surface area contributed by atoms with Crippen molar-refractivity contribution < 1.29 is 14.6 Å². The van der Waals surface area contributed by atoms with Gasteiger partial charge < -0.3 is 20.5 Å². The molecule has 3 rings (SSSR count). The van der Waals surface area contributed by atoms with Crippen molar-refractivity contribution in [2.45, 2.75) is 26.0 Å². The van der Waals surface area contributed by atoms with Gasteiger partial charge in [0, 0.05) is 37.0 Å². The molecule has 1 aromatic carbocycles. The van der Waals surface area contributed by atoms with Gasteiger partial charge in [0.15, 0.2) is 0 Å². The summed E-state index contributed by atoms with van der Waals surface area (Å²) >= 11 is 0. The Morgan fingerprint density at radius 1 is 1.42 bits per heavy atom. The molecule has 0 spiro atoms. The fourth-order valence-corrected chi connectivity index (χ4v) is 2.80. The molecule has 1 aliphatic heterocycles. The van der Waals surface area contributed by atoms with Gasteiger partial charge in [-0.2, -0.15) is 0 Å². The van der Waals surface area contributed by atoms with Crippen LogP contribution >= 0.6 is 0 Å². The molecule has 126 valence electrons. The summed E-state index contributed by atoms with van der Waals surface area (Å²) in [5, 5.41) is 9.58. The molecule has 0 saturated carbocycles. The van der Waals surface area contributed by atoms with Crippen LogP contribution in [0, 0.1) is 6.92 Å². The van der Waals surface area contributed by atoms with Crippen LogP contribution in [0.15, 0.2) is 36.4 Å². The third-order valence-electron chi connectivity index (χ3n) is 3.98. The summed E-state index contributed by atoms with van der Waals surface area (Å²) < 4.78 is 5.79. The number of nitrogens with two attached hydrogens (primary N) is 1. The molecule has 6 heteroatoms. The third-order valence-corrected chi connectivity index (χ3v) is 3.98. The fourth-order valence-electron chi connectivity index (χ4n) is 2.80. The fraction of sp³-hybridized carbons (Fsp3) is 0.333. The number of aliphatic hydroxyl groups excluding tert-OH is 1. The quantitative estimate of drug-likeness (QED) is 0.894. The van der Waals surface area contributed by atoms with Gasteiger partial charge in [0.25, 0.3) is 5.91 Å². The number of nitrogens with zero attached hydrogens (tertiary/aromatic N) is 2. The molecule has 0 radical (unpaired) electrons. The highest BCUT2D eigenvalue weighted by Gasteiger charge is 2.25. The zero-order valence-corrected chi connectivity index (χ0v) is 13.6. The van der Waals surface area contributed by atoms with E-state index >= 15 is 0 Å². The minimum atomic E-state index is -0.431. The van der Waals surface area contributed by atoms with E-state index in [1.165, 1.54) is 0 Å². The second-order valence-corrected chi connectivity index (χ2v) is 5.98. The topological polar surface area (TPSA) is 88.7 Å². The number of aliphatic hydroxyl groups is 1. The number of rotatable bonds is 4. The summed E-state index contributed by atoms with van der Waals surface area (Å²) in [6.45, 7) is 3.24. The van der Waals surface area contributed by atoms with Crippen molar-refractivity contribution in [2.75, 3.05) is 13.1 Å². The lowest BCUT2D eigenvalue weighted by Crippen LogP contribution is -2.29. The molecule has 1 amide bonds. The van der Waals surface area contributed by atoms with E-state index in [4.69, 9.17) is 10.5 Å². The monoisotopic (exact) mass is 327 g/mol. The van der Waals surface area contributed by atoms with Crippen molar-refractivity contribution in [3.8, 4) is 11.6 Å². The third kappa shape index (κ3) is 3.72. The number of β-amino-alcohol motifs (C(OH)–C–C–N with tert-alkyl or cyclic N) is 1. The molecule has 0 unspecified atom stereocenters. The lowest BCUT2D eigenvalue weighted by molar-refractivity contribution is 0.0764. The maximum atomic E-state index is 12.5. The number of hydrogen-bond donors (Lipinski definition) is 2. The molecule has 0 bridgehead atoms. The number of hydrogen-bond acceptors (Lipinski definition) is 5. The number of pyridine rings is 1. The normalized spacial score (nSPS) is 17.1. The van der Waals surface area contributed by atoms with Crippen molar-refractivity contribution in [1.29, 1.82) is 0 Å². The van der Waals surface area contributed by atoms with Crippen LogP contribution in [0.3, 0.4) is 0 Å². The largest absolute Gasteiger partial charge is 0.439 e. The van der Waals surface area contributed by atoms with E-state index in [1.54, 1.807) is 35.2 Å². The molecular formula is C18H21N3O3. The van der Waals surface area contributed by atoms with Gasteiger partial charge in [-0.05, 0) is 43.2 Å². The van der Waals surface area contributed by atoms with Gasteiger partial charge in [0.2, 0.25) is 5.88 Å². The van der Waals surface area contributed by atoms with Crippen LogP contribution in [0.1, 0.15) is 28.0 Å². The molecule has 6 nitrogen and oxygen atoms in total. The molecule has 0 aliphatic carbocycles. The van der Waals surface area contributed by atoms with E-state index in [1.807, 2.05) is 13.0 Å². The average Bonchev–Trinajstić information content (AvgIpc) is 3.00. The SMILES string of the molecule is Cc1cc(CN)cc(Oc2cccc(C(=O)N3CC[C@@H](O)C3)c2)n1. The van der Waals surface area contributed by atoms with Gasteiger partial charge in [-0.1, -0.05) is 6.07 Å². The average molecular weight is 327 g/mol. The Morgan fingerprint density at radius 2 is 2.25 bits per heavy atom. The summed E-state index contributed by atoms with van der Waals surface area (Å²) in [4.78, 5) is 18.5. The number of amides is 1.